The predicted molar refractivity (Wildman–Crippen MR) is 59.2 cm³/mol. The van der Waals surface area contributed by atoms with Crippen LogP contribution in [0.15, 0.2) is 22.6 Å². The number of fused-ring (bicyclic) bond motifs is 1. The molecule has 0 aliphatic carbocycles. The van der Waals surface area contributed by atoms with E-state index < -0.39 is 6.10 Å². The molecule has 1 heterocycles. The van der Waals surface area contributed by atoms with Crippen LogP contribution >= 0.6 is 0 Å². The molecule has 1 unspecified atom stereocenters. The van der Waals surface area contributed by atoms with Crippen LogP contribution in [0, 0.1) is 0 Å². The molecule has 2 rings (SSSR count). The molecular weight excluding hydrogens is 208 g/mol. The van der Waals surface area contributed by atoms with E-state index in [1.807, 2.05) is 0 Å². The molecule has 16 heavy (non-hydrogen) atoms. The minimum atomic E-state index is -0.747. The van der Waals surface area contributed by atoms with Crippen molar-refractivity contribution in [3.8, 4) is 5.75 Å². The van der Waals surface area contributed by atoms with Crippen LogP contribution in [0.2, 0.25) is 0 Å². The van der Waals surface area contributed by atoms with Crippen LogP contribution in [0.4, 0.5) is 0 Å². The van der Waals surface area contributed by atoms with Gasteiger partial charge in [0.25, 0.3) is 0 Å². The minimum Gasteiger partial charge on any atom is -0.497 e. The Hall–Kier alpha value is -1.59. The zero-order chi connectivity index (χ0) is 11.5. The summed E-state index contributed by atoms with van der Waals surface area (Å²) in [5, 5.41) is 9.68. The van der Waals surface area contributed by atoms with E-state index in [0.29, 0.717) is 35.7 Å². The maximum absolute atomic E-state index is 9.68. The van der Waals surface area contributed by atoms with Gasteiger partial charge in [0.15, 0.2) is 5.58 Å². The highest BCUT2D eigenvalue weighted by molar-refractivity contribution is 5.74. The smallest absolute Gasteiger partial charge is 0.224 e. The van der Waals surface area contributed by atoms with Crippen LogP contribution in [0.5, 0.6) is 5.75 Å². The third-order valence-corrected chi connectivity index (χ3v) is 2.34. The Kier molecular flexibility index (Phi) is 3.07. The number of methoxy groups -OCH3 is 1. The van der Waals surface area contributed by atoms with E-state index in [2.05, 4.69) is 4.98 Å². The molecule has 0 spiro atoms. The summed E-state index contributed by atoms with van der Waals surface area (Å²) in [6.07, 6.45) is -0.312. The fraction of sp³-hybridized carbons (Fsp3) is 0.364. The molecule has 0 fully saturated rings. The fourth-order valence-electron chi connectivity index (χ4n) is 1.47. The van der Waals surface area contributed by atoms with Gasteiger partial charge in [-0.25, -0.2) is 4.98 Å². The Morgan fingerprint density at radius 2 is 2.38 bits per heavy atom. The van der Waals surface area contributed by atoms with Crippen LogP contribution in [0.3, 0.4) is 0 Å². The Morgan fingerprint density at radius 1 is 1.56 bits per heavy atom. The van der Waals surface area contributed by atoms with Crippen molar-refractivity contribution in [3.05, 3.63) is 24.1 Å². The van der Waals surface area contributed by atoms with Crippen molar-refractivity contribution in [2.45, 2.75) is 12.5 Å². The van der Waals surface area contributed by atoms with Gasteiger partial charge in [-0.3, -0.25) is 0 Å². The van der Waals surface area contributed by atoms with Crippen LogP contribution in [0.25, 0.3) is 11.1 Å². The first-order valence-corrected chi connectivity index (χ1v) is 5.07. The largest absolute Gasteiger partial charge is 0.497 e. The maximum Gasteiger partial charge on any atom is 0.224 e. The first-order chi connectivity index (χ1) is 7.74. The summed E-state index contributed by atoms with van der Waals surface area (Å²) in [6, 6.07) is 5.32. The first kappa shape index (κ1) is 10.9. The highest BCUT2D eigenvalue weighted by Gasteiger charge is 2.14. The van der Waals surface area contributed by atoms with Crippen molar-refractivity contribution in [2.75, 3.05) is 13.7 Å². The fourth-order valence-corrected chi connectivity index (χ4v) is 1.47. The van der Waals surface area contributed by atoms with Crippen molar-refractivity contribution >= 4 is 11.1 Å². The van der Waals surface area contributed by atoms with Gasteiger partial charge in [0.2, 0.25) is 5.89 Å². The lowest BCUT2D eigenvalue weighted by molar-refractivity contribution is 0.139. The number of hydrogen-bond donors (Lipinski definition) is 2. The van der Waals surface area contributed by atoms with Gasteiger partial charge in [-0.2, -0.15) is 0 Å². The van der Waals surface area contributed by atoms with Crippen molar-refractivity contribution < 1.29 is 14.3 Å². The molecular formula is C11H14N2O3. The number of benzene rings is 1. The van der Waals surface area contributed by atoms with Gasteiger partial charge in [0.05, 0.1) is 7.11 Å². The molecule has 1 aromatic carbocycles. The summed E-state index contributed by atoms with van der Waals surface area (Å²) >= 11 is 0. The van der Waals surface area contributed by atoms with Crippen LogP contribution in [-0.4, -0.2) is 23.7 Å². The van der Waals surface area contributed by atoms with E-state index in [1.54, 1.807) is 25.3 Å². The molecule has 1 atom stereocenters. The predicted octanol–water partition coefficient (Wildman–Crippen LogP) is 1.22. The summed E-state index contributed by atoms with van der Waals surface area (Å²) in [6.45, 7) is 0.392. The zero-order valence-corrected chi connectivity index (χ0v) is 9.01. The lowest BCUT2D eigenvalue weighted by Gasteiger charge is -2.02. The number of ether oxygens (including phenoxy) is 1. The molecule has 0 saturated carbocycles. The number of nitrogens with two attached hydrogens (primary N) is 1. The summed E-state index contributed by atoms with van der Waals surface area (Å²) in [4.78, 5) is 4.18. The zero-order valence-electron chi connectivity index (χ0n) is 9.01. The van der Waals surface area contributed by atoms with Crippen molar-refractivity contribution in [1.82, 2.24) is 4.98 Å². The topological polar surface area (TPSA) is 81.5 Å². The van der Waals surface area contributed by atoms with Gasteiger partial charge in [-0.05, 0) is 25.1 Å². The molecule has 0 aliphatic heterocycles. The minimum absolute atomic E-state index is 0.300. The van der Waals surface area contributed by atoms with Crippen molar-refractivity contribution in [2.24, 2.45) is 5.73 Å². The van der Waals surface area contributed by atoms with Gasteiger partial charge in [0, 0.05) is 6.07 Å². The van der Waals surface area contributed by atoms with Crippen LogP contribution in [-0.2, 0) is 0 Å². The summed E-state index contributed by atoms with van der Waals surface area (Å²) in [5.74, 6) is 0.997. The van der Waals surface area contributed by atoms with Crippen molar-refractivity contribution in [1.29, 1.82) is 0 Å². The molecule has 0 saturated heterocycles. The molecule has 0 aliphatic rings. The molecule has 0 amide bonds. The SMILES string of the molecule is COc1ccc2nc(C(O)CCN)oc2c1. The highest BCUT2D eigenvalue weighted by atomic mass is 16.5. The van der Waals surface area contributed by atoms with E-state index in [9.17, 15) is 5.11 Å². The summed E-state index contributed by atoms with van der Waals surface area (Å²) < 4.78 is 10.5. The molecule has 2 aromatic rings. The molecule has 5 heteroatoms. The van der Waals surface area contributed by atoms with Gasteiger partial charge in [0.1, 0.15) is 17.4 Å². The number of aliphatic hydroxyl groups excluding tert-OH is 1. The number of aliphatic hydroxyl groups is 1. The van der Waals surface area contributed by atoms with Gasteiger partial charge in [-0.1, -0.05) is 0 Å². The second-order valence-corrected chi connectivity index (χ2v) is 3.48. The highest BCUT2D eigenvalue weighted by Crippen LogP contribution is 2.25. The van der Waals surface area contributed by atoms with E-state index in [1.165, 1.54) is 0 Å². The molecule has 86 valence electrons. The van der Waals surface area contributed by atoms with Crippen molar-refractivity contribution in [3.63, 3.8) is 0 Å². The normalized spacial score (nSPS) is 12.9. The number of nitrogens with zero attached hydrogens (tertiary/aromatic N) is 1. The Morgan fingerprint density at radius 3 is 3.06 bits per heavy atom. The standard InChI is InChI=1S/C11H14N2O3/c1-15-7-2-3-8-10(6-7)16-11(13-8)9(14)4-5-12/h2-3,6,9,14H,4-5,12H2,1H3. The Bertz CT molecular complexity index is 481. The number of rotatable bonds is 4. The second-order valence-electron chi connectivity index (χ2n) is 3.48. The van der Waals surface area contributed by atoms with E-state index >= 15 is 0 Å². The van der Waals surface area contributed by atoms with E-state index in [0.717, 1.165) is 0 Å². The average Bonchev–Trinajstić information content (AvgIpc) is 2.71. The monoisotopic (exact) mass is 222 g/mol. The molecule has 3 N–H and O–H groups in total. The van der Waals surface area contributed by atoms with E-state index in [4.69, 9.17) is 14.9 Å². The average molecular weight is 222 g/mol. The Balaban J connectivity index is 2.35. The molecule has 1 aromatic heterocycles. The van der Waals surface area contributed by atoms with E-state index in [-0.39, 0.29) is 0 Å². The summed E-state index contributed by atoms with van der Waals surface area (Å²) in [7, 11) is 1.59. The first-order valence-electron chi connectivity index (χ1n) is 5.07. The second kappa shape index (κ2) is 4.51. The third-order valence-electron chi connectivity index (χ3n) is 2.34. The van der Waals surface area contributed by atoms with Crippen LogP contribution < -0.4 is 10.5 Å². The van der Waals surface area contributed by atoms with Gasteiger partial charge in [-0.15, -0.1) is 0 Å². The Labute approximate surface area is 92.8 Å². The molecule has 5 nitrogen and oxygen atoms in total. The van der Waals surface area contributed by atoms with Gasteiger partial charge >= 0.3 is 0 Å². The number of hydrogen-bond acceptors (Lipinski definition) is 5. The number of oxazole rings is 1. The molecule has 0 bridgehead atoms. The van der Waals surface area contributed by atoms with Gasteiger partial charge < -0.3 is 20.0 Å². The maximum atomic E-state index is 9.68. The molecule has 0 radical (unpaired) electrons. The quantitative estimate of drug-likeness (QED) is 0.812. The lowest BCUT2D eigenvalue weighted by atomic mass is 10.2. The summed E-state index contributed by atoms with van der Waals surface area (Å²) in [5.41, 5.74) is 6.66. The third kappa shape index (κ3) is 2.00. The number of aromatic nitrogens is 1. The lowest BCUT2D eigenvalue weighted by Crippen LogP contribution is -2.06. The van der Waals surface area contributed by atoms with Crippen LogP contribution in [0.1, 0.15) is 18.4 Å².